The van der Waals surface area contributed by atoms with Crippen molar-refractivity contribution in [1.82, 2.24) is 0 Å². The second-order valence-corrected chi connectivity index (χ2v) is 35.6. The van der Waals surface area contributed by atoms with Crippen molar-refractivity contribution in [3.63, 3.8) is 0 Å². The van der Waals surface area contributed by atoms with Gasteiger partial charge < -0.3 is 145 Å². The van der Waals surface area contributed by atoms with E-state index in [1.807, 2.05) is 0 Å². The zero-order chi connectivity index (χ0) is 88.0. The summed E-state index contributed by atoms with van der Waals surface area (Å²) in [6.45, 7) is -1.88. The Morgan fingerprint density at radius 3 is 1.23 bits per heavy atom. The molecule has 5 rings (SSSR count). The molecule has 0 bridgehead atoms. The average molecular weight is 1780 g/mol. The zero-order valence-electron chi connectivity index (χ0n) is 70.7. The first-order valence-corrected chi connectivity index (χ1v) is 47.5. The fourth-order valence-corrected chi connectivity index (χ4v) is 17.0. The molecule has 120 heavy (non-hydrogen) atoms. The molecule has 13 unspecified atom stereocenters. The second-order valence-electron chi connectivity index (χ2n) is 32.7. The van der Waals surface area contributed by atoms with Crippen molar-refractivity contribution in [2.75, 3.05) is 52.8 Å². The molecule has 706 valence electrons. The predicted molar refractivity (Wildman–Crippen MR) is 433 cm³/mol. The highest BCUT2D eigenvalue weighted by Gasteiger charge is 2.59. The lowest BCUT2D eigenvalue weighted by Gasteiger charge is -2.49. The normalized spacial score (nSPS) is 33.1. The van der Waals surface area contributed by atoms with Gasteiger partial charge in [-0.15, -0.1) is 0 Å². The van der Waals surface area contributed by atoms with Crippen LogP contribution in [-0.2, 0) is 84.2 Å². The van der Waals surface area contributed by atoms with E-state index in [-0.39, 0.29) is 19.4 Å². The maximum atomic E-state index is 14.0. The van der Waals surface area contributed by atoms with Gasteiger partial charge in [-0.1, -0.05) is 231 Å². The molecule has 4 saturated heterocycles. The molecule has 4 aliphatic heterocycles. The van der Waals surface area contributed by atoms with E-state index in [9.17, 15) is 105 Å². The van der Waals surface area contributed by atoms with Crippen LogP contribution in [0.15, 0.2) is 12.2 Å². The van der Waals surface area contributed by atoms with Crippen LogP contribution < -0.4 is 11.5 Å². The number of hydrogen-bond donors (Lipinski definition) is 19. The van der Waals surface area contributed by atoms with Crippen LogP contribution in [0.2, 0.25) is 0 Å². The summed E-state index contributed by atoms with van der Waals surface area (Å²) in [5, 5.41) is 166. The standard InChI is InChI=1S/C81H152N2O35P2/c1-3-5-7-9-11-13-15-17-18-19-20-21-22-23-24-25-26-27-28-29-30-32-33-35-37-39-41-43-58(87)105-49-53(86)50-108-120(103,104)118-77-74(114-59(88)44-42-40-38-36-34-31-16-14-12-10-8-6-4-2)69(97)67(95)70(98)75(77)116-78-60(83)64(92)73(55(48-85)111-78)115-79-71(99)65(93)62(90)56(112-79)51-106-81-76(68(96)61(89)54(47-84)110-81)117-80-72(100)66(94)63(91)57(113-80)52-109-119(101,102)107-46-45-82/h17-18,53-57,60-81,84-86,89-100H,3-16,19-52,82-83H2,1-2H3,(H,101,102)(H,103,104)/b18-17-/t53-,54?,55?,56?,57?,60?,61-,62-,63+,64-,65+,66+,67?,68+,69-,70?,71?,72?,73-,74?,75-,76?,77-,78-,79-,80-,81+/m1/s1. The Morgan fingerprint density at radius 2 is 0.767 bits per heavy atom. The van der Waals surface area contributed by atoms with Crippen molar-refractivity contribution in [2.24, 2.45) is 11.5 Å². The van der Waals surface area contributed by atoms with Gasteiger partial charge in [-0.05, 0) is 38.5 Å². The maximum Gasteiger partial charge on any atom is 0.472 e. The molecule has 5 aliphatic rings. The highest BCUT2D eigenvalue weighted by molar-refractivity contribution is 7.47. The summed E-state index contributed by atoms with van der Waals surface area (Å²) < 4.78 is 104. The Bertz CT molecular complexity index is 2800. The minimum Gasteiger partial charge on any atom is -0.463 e. The lowest BCUT2D eigenvalue weighted by Crippen LogP contribution is -2.70. The number of hydrogen-bond acceptors (Lipinski definition) is 35. The number of carbonyl (C=O) groups excluding carboxylic acids is 2. The molecule has 0 spiro atoms. The van der Waals surface area contributed by atoms with E-state index in [0.29, 0.717) is 19.3 Å². The number of carbonyl (C=O) groups is 2. The lowest BCUT2D eigenvalue weighted by molar-refractivity contribution is -0.377. The first-order chi connectivity index (χ1) is 57.5. The van der Waals surface area contributed by atoms with E-state index in [1.54, 1.807) is 0 Å². The molecule has 37 nitrogen and oxygen atoms in total. The van der Waals surface area contributed by atoms with Gasteiger partial charge in [0.1, 0.15) is 135 Å². The molecule has 5 fully saturated rings. The van der Waals surface area contributed by atoms with E-state index in [0.717, 1.165) is 70.6 Å². The fraction of sp³-hybridized carbons (Fsp3) is 0.951. The van der Waals surface area contributed by atoms with E-state index in [1.165, 1.54) is 154 Å². The van der Waals surface area contributed by atoms with Gasteiger partial charge in [0.05, 0.1) is 45.7 Å². The summed E-state index contributed by atoms with van der Waals surface area (Å²) in [5.41, 5.74) is 11.8. The van der Waals surface area contributed by atoms with Crippen LogP contribution in [0.4, 0.5) is 0 Å². The van der Waals surface area contributed by atoms with Crippen LogP contribution in [0, 0.1) is 0 Å². The SMILES string of the molecule is CCCCCCCC/C=C\CCCCCCCCCCCCCCCCCCCC(=O)OC[C@@H](O)COP(=O)(O)O[C@@H]1C(OC(=O)CCCCCCCCCCCCCCC)[C@H](O)C(O)C(O)[C@H]1O[C@H]1OC(CO)[C@@H](O[C@H]2OC(CO[C@H]3OC(CO)[C@@H](O)[C@H](O)C3O[C@H]3OC(COP(=O)(O)OCCN)[C@H](O)[C@H](O)C3O)[C@@H](O)[C@H](O)C2O)[C@H](O)C1N. The third kappa shape index (κ3) is 39.1. The molecule has 21 N–H and O–H groups in total. The lowest BCUT2D eigenvalue weighted by atomic mass is 9.84. The summed E-state index contributed by atoms with van der Waals surface area (Å²) in [4.78, 5) is 47.7. The number of ether oxygens (including phenoxy) is 10. The molecular weight excluding hydrogens is 1620 g/mol. The molecule has 0 aromatic rings. The Balaban J connectivity index is 1.15. The van der Waals surface area contributed by atoms with E-state index < -0.39 is 239 Å². The van der Waals surface area contributed by atoms with Gasteiger partial charge in [-0.2, -0.15) is 0 Å². The molecule has 0 aromatic heterocycles. The molecular formula is C81H152N2O35P2. The van der Waals surface area contributed by atoms with Crippen LogP contribution in [0.1, 0.15) is 271 Å². The number of rotatable bonds is 66. The maximum absolute atomic E-state index is 14.0. The van der Waals surface area contributed by atoms with Crippen LogP contribution in [0.3, 0.4) is 0 Å². The molecule has 39 heteroatoms. The Hall–Kier alpha value is -2.10. The number of nitrogens with two attached hydrogens (primary N) is 2. The van der Waals surface area contributed by atoms with E-state index >= 15 is 0 Å². The largest absolute Gasteiger partial charge is 0.472 e. The van der Waals surface area contributed by atoms with Crippen molar-refractivity contribution in [3.8, 4) is 0 Å². The van der Waals surface area contributed by atoms with Crippen molar-refractivity contribution < 1.29 is 171 Å². The predicted octanol–water partition coefficient (Wildman–Crippen LogP) is 4.32. The van der Waals surface area contributed by atoms with Gasteiger partial charge in [0.15, 0.2) is 31.3 Å². The van der Waals surface area contributed by atoms with Gasteiger partial charge >= 0.3 is 27.6 Å². The van der Waals surface area contributed by atoms with Crippen LogP contribution in [0.5, 0.6) is 0 Å². The van der Waals surface area contributed by atoms with Gasteiger partial charge in [-0.25, -0.2) is 9.13 Å². The monoisotopic (exact) mass is 1770 g/mol. The molecule has 1 aliphatic carbocycles. The summed E-state index contributed by atoms with van der Waals surface area (Å²) in [6.07, 6.45) is -5.96. The second kappa shape index (κ2) is 60.7. The third-order valence-electron chi connectivity index (χ3n) is 22.7. The van der Waals surface area contributed by atoms with Crippen LogP contribution in [-0.4, -0.2) is 317 Å². The highest BCUT2D eigenvalue weighted by atomic mass is 31.2. The van der Waals surface area contributed by atoms with Crippen molar-refractivity contribution in [2.45, 2.75) is 436 Å². The minimum absolute atomic E-state index is 0.0467. The number of phosphoric acid groups is 2. The smallest absolute Gasteiger partial charge is 0.463 e. The Morgan fingerprint density at radius 1 is 0.383 bits per heavy atom. The van der Waals surface area contributed by atoms with E-state index in [4.69, 9.17) is 72.4 Å². The number of aliphatic hydroxyl groups excluding tert-OH is 15. The number of aliphatic hydroxyl groups is 15. The molecule has 29 atom stereocenters. The van der Waals surface area contributed by atoms with Gasteiger partial charge in [-0.3, -0.25) is 27.7 Å². The summed E-state index contributed by atoms with van der Waals surface area (Å²) in [5.74, 6) is -1.62. The quantitative estimate of drug-likeness (QED) is 0.0174. The summed E-state index contributed by atoms with van der Waals surface area (Å²) in [6, 6.07) is -1.92. The van der Waals surface area contributed by atoms with Gasteiger partial charge in [0, 0.05) is 19.4 Å². The number of esters is 2. The molecule has 0 amide bonds. The first-order valence-electron chi connectivity index (χ1n) is 44.5. The zero-order valence-corrected chi connectivity index (χ0v) is 72.5. The first kappa shape index (κ1) is 108. The molecule has 1 saturated carbocycles. The van der Waals surface area contributed by atoms with Crippen molar-refractivity contribution in [1.29, 1.82) is 0 Å². The van der Waals surface area contributed by atoms with Crippen LogP contribution >= 0.6 is 15.6 Å². The topological polar surface area (TPSA) is 593 Å². The van der Waals surface area contributed by atoms with Gasteiger partial charge in [0.25, 0.3) is 0 Å². The van der Waals surface area contributed by atoms with E-state index in [2.05, 4.69) is 30.5 Å². The average Bonchev–Trinajstić information content (AvgIpc) is 0.763. The Kier molecular flexibility index (Phi) is 54.8. The molecule has 4 heterocycles. The van der Waals surface area contributed by atoms with Crippen molar-refractivity contribution >= 4 is 27.6 Å². The number of unbranched alkanes of at least 4 members (excludes halogenated alkanes) is 35. The molecule has 0 aromatic carbocycles. The summed E-state index contributed by atoms with van der Waals surface area (Å²) >= 11 is 0. The summed E-state index contributed by atoms with van der Waals surface area (Å²) in [7, 11) is -10.4. The third-order valence-corrected chi connectivity index (χ3v) is 24.6. The number of allylic oxidation sites excluding steroid dienone is 2. The fourth-order valence-electron chi connectivity index (χ4n) is 15.3. The Labute approximate surface area is 707 Å². The number of phosphoric ester groups is 2. The molecule has 0 radical (unpaired) electrons. The minimum atomic E-state index is -5.60. The van der Waals surface area contributed by atoms with Crippen molar-refractivity contribution in [3.05, 3.63) is 12.2 Å². The highest BCUT2D eigenvalue weighted by Crippen LogP contribution is 2.49. The van der Waals surface area contributed by atoms with Crippen LogP contribution in [0.25, 0.3) is 0 Å². The van der Waals surface area contributed by atoms with Gasteiger partial charge in [0.2, 0.25) is 0 Å².